The maximum atomic E-state index is 10.8. The van der Waals surface area contributed by atoms with Crippen molar-refractivity contribution < 1.29 is 30.4 Å². The normalized spacial score (nSPS) is 12.3. The summed E-state index contributed by atoms with van der Waals surface area (Å²) in [5.74, 6) is -0.0949. The van der Waals surface area contributed by atoms with E-state index in [1.807, 2.05) is 6.92 Å². The smallest absolute Gasteiger partial charge is 0.264 e. The standard InChI is InChI=1S/C16H35NO3S.C7H8O3S/c1-4-7-12-17(13-8-5-2,14-9-6-3)15-10-11-16-21(18,19)20;1-6-2-4-7(5-3-6)11(8,9)10/h4-16H2,1-3H3;2-5H,1H3,(H,8,9,10). The summed E-state index contributed by atoms with van der Waals surface area (Å²) >= 11 is 0. The van der Waals surface area contributed by atoms with Crippen LogP contribution in [-0.4, -0.2) is 62.4 Å². The topological polar surface area (TPSA) is 112 Å². The average molecular weight is 494 g/mol. The Labute approximate surface area is 196 Å². The second-order valence-electron chi connectivity index (χ2n) is 8.56. The van der Waals surface area contributed by atoms with E-state index in [4.69, 9.17) is 4.55 Å². The second-order valence-corrected chi connectivity index (χ2v) is 11.5. The van der Waals surface area contributed by atoms with Crippen LogP contribution >= 0.6 is 0 Å². The maximum absolute atomic E-state index is 10.8. The lowest BCUT2D eigenvalue weighted by Gasteiger charge is -2.39. The van der Waals surface area contributed by atoms with Crippen LogP contribution in [0.5, 0.6) is 0 Å². The van der Waals surface area contributed by atoms with Gasteiger partial charge in [0.1, 0.15) is 10.1 Å². The van der Waals surface area contributed by atoms with Crippen molar-refractivity contribution in [3.05, 3.63) is 29.8 Å². The lowest BCUT2D eigenvalue weighted by molar-refractivity contribution is -0.929. The van der Waals surface area contributed by atoms with Gasteiger partial charge in [0.25, 0.3) is 10.1 Å². The molecule has 0 atom stereocenters. The molecule has 0 aliphatic rings. The number of unbranched alkanes of at least 4 members (excludes halogenated alkanes) is 4. The van der Waals surface area contributed by atoms with E-state index in [0.717, 1.165) is 23.0 Å². The highest BCUT2D eigenvalue weighted by molar-refractivity contribution is 7.86. The molecular weight excluding hydrogens is 450 g/mol. The first-order valence-electron chi connectivity index (χ1n) is 11.7. The van der Waals surface area contributed by atoms with Crippen molar-refractivity contribution in [1.82, 2.24) is 0 Å². The second kappa shape index (κ2) is 15.8. The molecular formula is C23H43NO6S2. The quantitative estimate of drug-likeness (QED) is 0.214. The van der Waals surface area contributed by atoms with E-state index in [1.165, 1.54) is 70.3 Å². The Kier molecular flexibility index (Phi) is 15.3. The first-order valence-corrected chi connectivity index (χ1v) is 14.7. The molecule has 188 valence electrons. The molecule has 0 unspecified atom stereocenters. The number of rotatable bonds is 15. The van der Waals surface area contributed by atoms with Crippen LogP contribution in [0.25, 0.3) is 0 Å². The molecule has 0 aromatic heterocycles. The molecule has 0 heterocycles. The van der Waals surface area contributed by atoms with Crippen LogP contribution < -0.4 is 0 Å². The summed E-state index contributed by atoms with van der Waals surface area (Å²) in [6.45, 7) is 13.2. The highest BCUT2D eigenvalue weighted by atomic mass is 32.2. The molecule has 0 aliphatic heterocycles. The molecule has 1 rings (SSSR count). The third kappa shape index (κ3) is 14.9. The minimum atomic E-state index is -4.27. The molecule has 7 nitrogen and oxygen atoms in total. The van der Waals surface area contributed by atoms with Gasteiger partial charge >= 0.3 is 0 Å². The van der Waals surface area contributed by atoms with Crippen LogP contribution in [-0.2, 0) is 20.2 Å². The van der Waals surface area contributed by atoms with Crippen molar-refractivity contribution in [2.75, 3.05) is 31.9 Å². The predicted molar refractivity (Wildman–Crippen MR) is 129 cm³/mol. The van der Waals surface area contributed by atoms with Crippen LogP contribution in [0, 0.1) is 6.92 Å². The number of hydrogen-bond donors (Lipinski definition) is 1. The van der Waals surface area contributed by atoms with E-state index in [2.05, 4.69) is 20.8 Å². The van der Waals surface area contributed by atoms with Gasteiger partial charge in [-0.2, -0.15) is 8.42 Å². The lowest BCUT2D eigenvalue weighted by Crippen LogP contribution is -2.50. The SMILES string of the molecule is CCCC[N+](CCCC)(CCCC)CCCCS(=O)(=O)O.Cc1ccc(S(=O)(=O)[O-])cc1. The zero-order chi connectivity index (χ0) is 24.7. The minimum Gasteiger partial charge on any atom is -0.744 e. The van der Waals surface area contributed by atoms with E-state index >= 15 is 0 Å². The molecule has 0 saturated heterocycles. The summed E-state index contributed by atoms with van der Waals surface area (Å²) in [7, 11) is -8.07. The Morgan fingerprint density at radius 1 is 0.750 bits per heavy atom. The fourth-order valence-corrected chi connectivity index (χ4v) is 4.63. The molecule has 1 aromatic carbocycles. The Hall–Kier alpha value is -1.00. The number of benzene rings is 1. The van der Waals surface area contributed by atoms with Crippen molar-refractivity contribution in [1.29, 1.82) is 0 Å². The lowest BCUT2D eigenvalue weighted by atomic mass is 10.1. The maximum Gasteiger partial charge on any atom is 0.264 e. The predicted octanol–water partition coefficient (Wildman–Crippen LogP) is 4.77. The van der Waals surface area contributed by atoms with Gasteiger partial charge in [-0.3, -0.25) is 4.55 Å². The van der Waals surface area contributed by atoms with E-state index in [1.54, 1.807) is 12.1 Å². The largest absolute Gasteiger partial charge is 0.744 e. The van der Waals surface area contributed by atoms with Gasteiger partial charge in [0.05, 0.1) is 36.8 Å². The summed E-state index contributed by atoms with van der Waals surface area (Å²) in [4.78, 5) is -0.178. The van der Waals surface area contributed by atoms with Crippen molar-refractivity contribution in [2.24, 2.45) is 0 Å². The molecule has 9 heteroatoms. The van der Waals surface area contributed by atoms with Crippen molar-refractivity contribution in [3.8, 4) is 0 Å². The van der Waals surface area contributed by atoms with Gasteiger partial charge in [-0.05, 0) is 51.2 Å². The Bertz CT molecular complexity index is 799. The van der Waals surface area contributed by atoms with Crippen LogP contribution in [0.1, 0.15) is 77.7 Å². The number of nitrogens with zero attached hydrogens (tertiary/aromatic N) is 1. The Balaban J connectivity index is 0.000000726. The van der Waals surface area contributed by atoms with Gasteiger partial charge in [-0.25, -0.2) is 8.42 Å². The van der Waals surface area contributed by atoms with Gasteiger partial charge in [0.2, 0.25) is 0 Å². The fraction of sp³-hybridized carbons (Fsp3) is 0.739. The molecule has 32 heavy (non-hydrogen) atoms. The van der Waals surface area contributed by atoms with E-state index in [0.29, 0.717) is 6.42 Å². The van der Waals surface area contributed by atoms with Crippen LogP contribution in [0.3, 0.4) is 0 Å². The molecule has 0 fully saturated rings. The van der Waals surface area contributed by atoms with Gasteiger partial charge in [0, 0.05) is 0 Å². The van der Waals surface area contributed by atoms with Gasteiger partial charge < -0.3 is 9.04 Å². The summed E-state index contributed by atoms with van der Waals surface area (Å²) in [6.07, 6.45) is 8.82. The molecule has 1 aromatic rings. The molecule has 0 spiro atoms. The number of hydrogen-bond acceptors (Lipinski definition) is 5. The average Bonchev–Trinajstić information content (AvgIpc) is 2.71. The van der Waals surface area contributed by atoms with Crippen LogP contribution in [0.2, 0.25) is 0 Å². The van der Waals surface area contributed by atoms with E-state index < -0.39 is 20.2 Å². The monoisotopic (exact) mass is 493 g/mol. The number of quaternary nitrogens is 1. The fourth-order valence-electron chi connectivity index (χ4n) is 3.59. The first kappa shape index (κ1) is 31.0. The summed E-state index contributed by atoms with van der Waals surface area (Å²) in [6, 6.07) is 5.78. The molecule has 0 radical (unpaired) electrons. The highest BCUT2D eigenvalue weighted by Gasteiger charge is 2.25. The van der Waals surface area contributed by atoms with Gasteiger partial charge in [-0.1, -0.05) is 57.7 Å². The first-order chi connectivity index (χ1) is 14.9. The third-order valence-electron chi connectivity index (χ3n) is 5.55. The summed E-state index contributed by atoms with van der Waals surface area (Å²) in [5, 5.41) is 0. The molecule has 0 saturated carbocycles. The zero-order valence-electron chi connectivity index (χ0n) is 20.3. The molecule has 1 N–H and O–H groups in total. The molecule has 0 bridgehead atoms. The van der Waals surface area contributed by atoms with Crippen LogP contribution in [0.15, 0.2) is 29.2 Å². The van der Waals surface area contributed by atoms with Gasteiger partial charge in [-0.15, -0.1) is 0 Å². The Morgan fingerprint density at radius 3 is 1.50 bits per heavy atom. The minimum absolute atomic E-state index is 0.0949. The molecule has 0 aliphatic carbocycles. The van der Waals surface area contributed by atoms with Crippen molar-refractivity contribution >= 4 is 20.2 Å². The van der Waals surface area contributed by atoms with E-state index in [9.17, 15) is 21.4 Å². The highest BCUT2D eigenvalue weighted by Crippen LogP contribution is 2.17. The Morgan fingerprint density at radius 2 is 1.16 bits per heavy atom. The third-order valence-corrected chi connectivity index (χ3v) is 7.21. The van der Waals surface area contributed by atoms with Gasteiger partial charge in [0.15, 0.2) is 0 Å². The van der Waals surface area contributed by atoms with Crippen molar-refractivity contribution in [3.63, 3.8) is 0 Å². The van der Waals surface area contributed by atoms with E-state index in [-0.39, 0.29) is 10.6 Å². The summed E-state index contributed by atoms with van der Waals surface area (Å²) in [5.41, 5.74) is 0.928. The number of aryl methyl sites for hydroxylation is 1. The summed E-state index contributed by atoms with van der Waals surface area (Å²) < 4.78 is 62.8. The van der Waals surface area contributed by atoms with Crippen molar-refractivity contribution in [2.45, 2.75) is 84.0 Å². The zero-order valence-corrected chi connectivity index (χ0v) is 21.9. The molecule has 0 amide bonds. The van der Waals surface area contributed by atoms with Crippen LogP contribution in [0.4, 0.5) is 0 Å².